The van der Waals surface area contributed by atoms with Crippen molar-refractivity contribution in [2.45, 2.75) is 19.3 Å². The Morgan fingerprint density at radius 3 is 2.72 bits per heavy atom. The SMILES string of the molecule is CN=C(Cc1ccccc1)C1=C(N)CCc2cnc(Nc3cccc4cc(C(=O)NCCN(C)C)sc34)nc21. The van der Waals surface area contributed by atoms with Crippen LogP contribution in [-0.4, -0.2) is 60.7 Å². The van der Waals surface area contributed by atoms with Gasteiger partial charge in [0.15, 0.2) is 0 Å². The van der Waals surface area contributed by atoms with Gasteiger partial charge in [-0.3, -0.25) is 9.79 Å². The van der Waals surface area contributed by atoms with Gasteiger partial charge in [-0.2, -0.15) is 0 Å². The molecule has 9 heteroatoms. The molecule has 2 heterocycles. The summed E-state index contributed by atoms with van der Waals surface area (Å²) in [5.74, 6) is 0.415. The summed E-state index contributed by atoms with van der Waals surface area (Å²) < 4.78 is 0.978. The molecule has 1 aliphatic carbocycles. The highest BCUT2D eigenvalue weighted by molar-refractivity contribution is 7.21. The maximum Gasteiger partial charge on any atom is 0.261 e. The van der Waals surface area contributed by atoms with Gasteiger partial charge in [0.2, 0.25) is 5.95 Å². The summed E-state index contributed by atoms with van der Waals surface area (Å²) in [5.41, 5.74) is 13.1. The van der Waals surface area contributed by atoms with E-state index in [0.717, 1.165) is 63.4 Å². The normalized spacial score (nSPS) is 13.6. The molecule has 0 saturated carbocycles. The molecular formula is C30H33N7OS. The van der Waals surface area contributed by atoms with Gasteiger partial charge in [-0.15, -0.1) is 11.3 Å². The second kappa shape index (κ2) is 11.8. The summed E-state index contributed by atoms with van der Waals surface area (Å²) in [5, 5.41) is 7.38. The molecule has 0 aliphatic heterocycles. The van der Waals surface area contributed by atoms with E-state index in [1.807, 2.05) is 67.7 Å². The van der Waals surface area contributed by atoms with E-state index < -0.39 is 0 Å². The van der Waals surface area contributed by atoms with Crippen molar-refractivity contribution in [3.63, 3.8) is 0 Å². The Bertz CT molecular complexity index is 1560. The number of likely N-dealkylation sites (N-methyl/N-ethyl adjacent to an activating group) is 1. The van der Waals surface area contributed by atoms with Crippen LogP contribution in [0.4, 0.5) is 11.6 Å². The summed E-state index contributed by atoms with van der Waals surface area (Å²) in [4.78, 5) is 29.6. The highest BCUT2D eigenvalue weighted by Crippen LogP contribution is 2.35. The summed E-state index contributed by atoms with van der Waals surface area (Å²) in [6.07, 6.45) is 4.10. The Kier molecular flexibility index (Phi) is 7.99. The Balaban J connectivity index is 1.42. The molecular weight excluding hydrogens is 506 g/mol. The van der Waals surface area contributed by atoms with E-state index in [4.69, 9.17) is 10.7 Å². The molecule has 0 unspecified atom stereocenters. The van der Waals surface area contributed by atoms with Crippen molar-refractivity contribution < 1.29 is 4.79 Å². The fraction of sp³-hybridized carbons (Fsp3) is 0.267. The molecule has 39 heavy (non-hydrogen) atoms. The predicted molar refractivity (Wildman–Crippen MR) is 161 cm³/mol. The van der Waals surface area contributed by atoms with Crippen molar-refractivity contribution in [3.05, 3.63) is 88.2 Å². The van der Waals surface area contributed by atoms with Crippen LogP contribution in [0.2, 0.25) is 0 Å². The molecule has 1 aliphatic rings. The Labute approximate surface area is 232 Å². The number of fused-ring (bicyclic) bond motifs is 2. The Morgan fingerprint density at radius 1 is 1.13 bits per heavy atom. The topological polar surface area (TPSA) is 109 Å². The fourth-order valence-electron chi connectivity index (χ4n) is 4.68. The van der Waals surface area contributed by atoms with Crippen LogP contribution in [0, 0.1) is 0 Å². The number of aliphatic imine (C=N–C) groups is 1. The van der Waals surface area contributed by atoms with Crippen LogP contribution in [0.15, 0.2) is 71.5 Å². The van der Waals surface area contributed by atoms with Crippen LogP contribution in [0.3, 0.4) is 0 Å². The zero-order valence-corrected chi connectivity index (χ0v) is 23.3. The zero-order chi connectivity index (χ0) is 27.4. The van der Waals surface area contributed by atoms with Crippen molar-refractivity contribution >= 4 is 50.3 Å². The molecule has 1 amide bonds. The average molecular weight is 540 g/mol. The predicted octanol–water partition coefficient (Wildman–Crippen LogP) is 4.66. The number of rotatable bonds is 9. The fourth-order valence-corrected chi connectivity index (χ4v) is 5.72. The average Bonchev–Trinajstić information content (AvgIpc) is 3.38. The minimum absolute atomic E-state index is 0.0657. The van der Waals surface area contributed by atoms with Gasteiger partial charge in [-0.05, 0) is 55.6 Å². The number of nitrogens with two attached hydrogens (primary N) is 1. The van der Waals surface area contributed by atoms with Crippen LogP contribution in [0.5, 0.6) is 0 Å². The molecule has 0 bridgehead atoms. The monoisotopic (exact) mass is 539 g/mol. The highest BCUT2D eigenvalue weighted by atomic mass is 32.1. The van der Waals surface area contributed by atoms with E-state index in [-0.39, 0.29) is 5.91 Å². The quantitative estimate of drug-likeness (QED) is 0.267. The van der Waals surface area contributed by atoms with E-state index in [2.05, 4.69) is 32.7 Å². The van der Waals surface area contributed by atoms with E-state index in [0.29, 0.717) is 23.8 Å². The number of anilines is 2. The third kappa shape index (κ3) is 6.00. The highest BCUT2D eigenvalue weighted by Gasteiger charge is 2.24. The lowest BCUT2D eigenvalue weighted by Gasteiger charge is -2.22. The summed E-state index contributed by atoms with van der Waals surface area (Å²) in [7, 11) is 5.77. The number of nitrogens with zero attached hydrogens (tertiary/aromatic N) is 4. The number of carbonyl (C=O) groups is 1. The van der Waals surface area contributed by atoms with Crippen LogP contribution in [0.25, 0.3) is 15.7 Å². The van der Waals surface area contributed by atoms with Gasteiger partial charge in [0.25, 0.3) is 5.91 Å². The van der Waals surface area contributed by atoms with Gasteiger partial charge in [0.1, 0.15) is 0 Å². The molecule has 5 rings (SSSR count). The van der Waals surface area contributed by atoms with E-state index in [9.17, 15) is 4.79 Å². The second-order valence-corrected chi connectivity index (χ2v) is 10.9. The standard InChI is InChI=1S/C30H33N7OS/c1-32-24(16-19-8-5-4-6-9-19)26-22(31)13-12-21-18-34-30(36-27(21)26)35-23-11-7-10-20-17-25(39-28(20)23)29(38)33-14-15-37(2)3/h4-11,17-18H,12-16,31H2,1-3H3,(H,33,38)(H,34,35,36). The van der Waals surface area contributed by atoms with Gasteiger partial charge in [0, 0.05) is 49.7 Å². The molecule has 2 aromatic heterocycles. The number of thiophene rings is 1. The number of allylic oxidation sites excluding steroid dienone is 2. The minimum Gasteiger partial charge on any atom is -0.401 e. The molecule has 0 saturated heterocycles. The third-order valence-corrected chi connectivity index (χ3v) is 7.90. The molecule has 200 valence electrons. The first-order valence-electron chi connectivity index (χ1n) is 13.0. The molecule has 0 atom stereocenters. The number of nitrogens with one attached hydrogen (secondary N) is 2. The van der Waals surface area contributed by atoms with Gasteiger partial charge < -0.3 is 21.3 Å². The van der Waals surface area contributed by atoms with Crippen molar-refractivity contribution in [1.82, 2.24) is 20.2 Å². The zero-order valence-electron chi connectivity index (χ0n) is 22.5. The summed E-state index contributed by atoms with van der Waals surface area (Å²) in [6.45, 7) is 1.39. The second-order valence-electron chi connectivity index (χ2n) is 9.82. The Morgan fingerprint density at radius 2 is 1.95 bits per heavy atom. The first-order chi connectivity index (χ1) is 18.9. The van der Waals surface area contributed by atoms with Crippen LogP contribution in [-0.2, 0) is 12.8 Å². The van der Waals surface area contributed by atoms with Crippen LogP contribution >= 0.6 is 11.3 Å². The smallest absolute Gasteiger partial charge is 0.261 e. The number of hydrogen-bond acceptors (Lipinski definition) is 8. The molecule has 4 aromatic rings. The summed E-state index contributed by atoms with van der Waals surface area (Å²) in [6, 6.07) is 18.1. The number of carbonyl (C=O) groups excluding carboxylic acids is 1. The van der Waals surface area contributed by atoms with Crippen molar-refractivity contribution in [2.24, 2.45) is 10.7 Å². The van der Waals surface area contributed by atoms with Gasteiger partial charge >= 0.3 is 0 Å². The molecule has 0 fully saturated rings. The van der Waals surface area contributed by atoms with E-state index in [1.54, 1.807) is 7.05 Å². The first kappa shape index (κ1) is 26.5. The van der Waals surface area contributed by atoms with Gasteiger partial charge in [-0.25, -0.2) is 9.97 Å². The number of amides is 1. The maximum atomic E-state index is 12.7. The first-order valence-corrected chi connectivity index (χ1v) is 13.8. The lowest BCUT2D eigenvalue weighted by molar-refractivity contribution is 0.0955. The van der Waals surface area contributed by atoms with Crippen LogP contribution < -0.4 is 16.4 Å². The minimum atomic E-state index is -0.0657. The molecule has 4 N–H and O–H groups in total. The van der Waals surface area contributed by atoms with E-state index >= 15 is 0 Å². The molecule has 0 spiro atoms. The lowest BCUT2D eigenvalue weighted by Crippen LogP contribution is -2.30. The maximum absolute atomic E-state index is 12.7. The van der Waals surface area contributed by atoms with Crippen molar-refractivity contribution in [2.75, 3.05) is 39.5 Å². The number of benzene rings is 2. The molecule has 2 aromatic carbocycles. The lowest BCUT2D eigenvalue weighted by atomic mass is 9.88. The number of aryl methyl sites for hydroxylation is 1. The van der Waals surface area contributed by atoms with Crippen molar-refractivity contribution in [3.8, 4) is 0 Å². The van der Waals surface area contributed by atoms with Crippen molar-refractivity contribution in [1.29, 1.82) is 0 Å². The van der Waals surface area contributed by atoms with E-state index in [1.165, 1.54) is 16.9 Å². The largest absolute Gasteiger partial charge is 0.401 e. The number of hydrogen-bond donors (Lipinski definition) is 3. The third-order valence-electron chi connectivity index (χ3n) is 6.72. The van der Waals surface area contributed by atoms with Crippen LogP contribution in [0.1, 0.15) is 32.9 Å². The van der Waals surface area contributed by atoms with Gasteiger partial charge in [-0.1, -0.05) is 42.5 Å². The molecule has 8 nitrogen and oxygen atoms in total. The Hall–Kier alpha value is -4.08. The molecule has 0 radical (unpaired) electrons. The summed E-state index contributed by atoms with van der Waals surface area (Å²) >= 11 is 1.46. The van der Waals surface area contributed by atoms with Gasteiger partial charge in [0.05, 0.1) is 21.0 Å². The number of aromatic nitrogens is 2.